The van der Waals surface area contributed by atoms with E-state index in [4.69, 9.17) is 31.2 Å². The molecule has 2 fully saturated rings. The number of alkyl halides is 1. The lowest BCUT2D eigenvalue weighted by Gasteiger charge is -2.24. The number of hydrogen-bond donors (Lipinski definition) is 11. The van der Waals surface area contributed by atoms with Crippen molar-refractivity contribution in [3.63, 3.8) is 0 Å². The van der Waals surface area contributed by atoms with Crippen molar-refractivity contribution in [1.82, 2.24) is 29.1 Å². The summed E-state index contributed by atoms with van der Waals surface area (Å²) in [5.74, 6) is -3.05. The average Bonchev–Trinajstić information content (AvgIpc) is 3.57. The Morgan fingerprint density at radius 3 is 2.45 bits per heavy atom. The first-order chi connectivity index (χ1) is 20.0. The van der Waals surface area contributed by atoms with Crippen molar-refractivity contribution < 1.29 is 59.7 Å². The molecule has 5 rings (SSSR count). The van der Waals surface area contributed by atoms with Crippen molar-refractivity contribution in [2.45, 2.75) is 48.8 Å². The summed E-state index contributed by atoms with van der Waals surface area (Å²) in [6.45, 7) is -1.43. The minimum Gasteiger partial charge on any atom is -0.394 e. The lowest BCUT2D eigenvalue weighted by atomic mass is 10.1. The van der Waals surface area contributed by atoms with Crippen LogP contribution in [-0.4, -0.2) is 114 Å². The Bertz CT molecular complexity index is 1770. The van der Waals surface area contributed by atoms with Gasteiger partial charge in [-0.2, -0.15) is 4.39 Å². The number of imidazole rings is 1. The predicted molar refractivity (Wildman–Crippen MR) is 129 cm³/mol. The van der Waals surface area contributed by atoms with E-state index in [1.807, 2.05) is 9.97 Å². The Morgan fingerprint density at radius 1 is 1.17 bits per heavy atom. The Balaban J connectivity index is 0.000000197. The van der Waals surface area contributed by atoms with Gasteiger partial charge in [-0.05, 0) is 0 Å². The van der Waals surface area contributed by atoms with Crippen LogP contribution in [0.2, 0.25) is 1.41 Å². The van der Waals surface area contributed by atoms with E-state index < -0.39 is 97.9 Å². The number of phosphoric ester groups is 1. The van der Waals surface area contributed by atoms with E-state index in [9.17, 15) is 39.4 Å². The van der Waals surface area contributed by atoms with Crippen LogP contribution in [0.25, 0.3) is 11.2 Å². The van der Waals surface area contributed by atoms with E-state index >= 15 is 4.39 Å². The molecule has 3 aromatic rings. The molecule has 21 nitrogen and oxygen atoms in total. The maximum absolute atomic E-state index is 15.0. The van der Waals surface area contributed by atoms with Gasteiger partial charge in [0.1, 0.15) is 36.8 Å². The Hall–Kier alpha value is -3.41. The molecule has 11 N–H and O–H groups in total. The van der Waals surface area contributed by atoms with Crippen molar-refractivity contribution in [1.29, 1.82) is 5.41 Å². The number of ether oxygens (including phenoxy) is 2. The number of aromatic amines is 3. The highest BCUT2D eigenvalue weighted by atomic mass is 31.2. The fraction of sp³-hybridized carbons (Fsp3) is 0.526. The highest BCUT2D eigenvalue weighted by Gasteiger charge is 2.57. The Kier molecular flexibility index (Phi) is 8.37. The molecule has 0 aromatic carbocycles. The molecule has 5 heterocycles. The molecule has 0 radical (unpaired) electrons. The summed E-state index contributed by atoms with van der Waals surface area (Å²) < 4.78 is 48.9. The molecular weight excluding hydrogens is 600 g/mol. The SMILES string of the molecule is O=c1ccn([C@@H]2O[C@H](COP(=O)(O)O)[C@@H](O)[C@H]2O)c(=O)[nH]1.[2H]n1c(=N)[nH]c(=O)c2ncn([C@]3(F)O[C@H](CO)[C@@H](O)[C@H]3O)c21. The van der Waals surface area contributed by atoms with Gasteiger partial charge >= 0.3 is 19.5 Å². The number of aromatic nitrogens is 6. The standard InChI is InChI=1S/C10H12FN5O5.C9H13N2O9P/c11-10(6(19)5(18)3(1-17)21-10)16-2-13-4-7(16)14-9(12)15-8(4)20;12-5-1-2-11(9(15)10-5)8-7(14)6(13)4(20-8)3-19-21(16,17)18/h2-3,5-6,17-19H,1H2,(H3,12,14,15,20);1-2,4,6-8,13-14H,3H2,(H,10,12,15)(H2,16,17,18)/t3-,5-,6-,10+;4-,6-,7-,8-/m11/s1/i/hD. The van der Waals surface area contributed by atoms with E-state index in [1.165, 1.54) is 0 Å². The number of nitrogens with zero attached hydrogens (tertiary/aromatic N) is 3. The number of aliphatic hydroxyl groups excluding tert-OH is 5. The fourth-order valence-electron chi connectivity index (χ4n) is 4.14. The molecule has 0 spiro atoms. The summed E-state index contributed by atoms with van der Waals surface area (Å²) in [5.41, 5.74) is -3.77. The van der Waals surface area contributed by atoms with Gasteiger partial charge in [0.25, 0.3) is 11.1 Å². The lowest BCUT2D eigenvalue weighted by molar-refractivity contribution is -0.235. The molecule has 3 aromatic heterocycles. The number of nitrogens with one attached hydrogen (secondary N) is 4. The van der Waals surface area contributed by atoms with Crippen LogP contribution in [0.4, 0.5) is 4.39 Å². The Labute approximate surface area is 231 Å². The van der Waals surface area contributed by atoms with Crippen molar-refractivity contribution in [3.05, 3.63) is 55.4 Å². The normalized spacial score (nSPS) is 31.6. The molecule has 232 valence electrons. The van der Waals surface area contributed by atoms with Crippen LogP contribution in [0.5, 0.6) is 0 Å². The summed E-state index contributed by atoms with van der Waals surface area (Å²) in [6, 6.07) is 1.02. The molecule has 2 saturated heterocycles. The van der Waals surface area contributed by atoms with Crippen molar-refractivity contribution in [2.24, 2.45) is 0 Å². The number of fused-ring (bicyclic) bond motifs is 1. The maximum atomic E-state index is 15.0. The van der Waals surface area contributed by atoms with Gasteiger partial charge in [0.2, 0.25) is 5.62 Å². The third-order valence-corrected chi connectivity index (χ3v) is 6.66. The third kappa shape index (κ3) is 6.04. The summed E-state index contributed by atoms with van der Waals surface area (Å²) in [6.07, 6.45) is -8.98. The van der Waals surface area contributed by atoms with E-state index in [0.717, 1.165) is 23.2 Å². The largest absolute Gasteiger partial charge is 0.469 e. The number of phosphoric acid groups is 1. The molecule has 0 aliphatic carbocycles. The van der Waals surface area contributed by atoms with Gasteiger partial charge in [-0.1, -0.05) is 0 Å². The summed E-state index contributed by atoms with van der Waals surface area (Å²) in [5, 5.41) is 55.6. The van der Waals surface area contributed by atoms with Gasteiger partial charge in [0.15, 0.2) is 24.9 Å². The zero-order valence-electron chi connectivity index (χ0n) is 21.8. The summed E-state index contributed by atoms with van der Waals surface area (Å²) in [4.78, 5) is 59.4. The molecular formula is C19H25FN7O14P. The molecule has 0 saturated carbocycles. The summed E-state index contributed by atoms with van der Waals surface area (Å²) in [7, 11) is -4.76. The van der Waals surface area contributed by atoms with Gasteiger partial charge in [-0.15, -0.1) is 0 Å². The van der Waals surface area contributed by atoms with Gasteiger partial charge in [0, 0.05) is 12.3 Å². The first-order valence-corrected chi connectivity index (χ1v) is 13.2. The van der Waals surface area contributed by atoms with Crippen molar-refractivity contribution >= 4 is 19.0 Å². The molecule has 0 bridgehead atoms. The zero-order valence-corrected chi connectivity index (χ0v) is 21.7. The minimum absolute atomic E-state index is 0.347. The lowest BCUT2D eigenvalue weighted by Crippen LogP contribution is -2.42. The van der Waals surface area contributed by atoms with Crippen LogP contribution in [-0.2, 0) is 24.5 Å². The second-order valence-corrected chi connectivity index (χ2v) is 10.2. The minimum atomic E-state index is -4.76. The van der Waals surface area contributed by atoms with Gasteiger partial charge in [-0.25, -0.2) is 14.3 Å². The third-order valence-electron chi connectivity index (χ3n) is 6.17. The summed E-state index contributed by atoms with van der Waals surface area (Å²) >= 11 is 0. The van der Waals surface area contributed by atoms with E-state index in [0.29, 0.717) is 9.54 Å². The zero-order chi connectivity index (χ0) is 32.0. The van der Waals surface area contributed by atoms with Crippen molar-refractivity contribution in [3.8, 4) is 0 Å². The van der Waals surface area contributed by atoms with E-state index in [2.05, 4.69) is 9.51 Å². The number of H-pyrrole nitrogens is 3. The molecule has 23 heteroatoms. The topological polar surface area (TPSA) is 332 Å². The second-order valence-electron chi connectivity index (χ2n) is 8.93. The highest BCUT2D eigenvalue weighted by molar-refractivity contribution is 7.46. The van der Waals surface area contributed by atoms with Crippen LogP contribution < -0.4 is 22.4 Å². The van der Waals surface area contributed by atoms with Gasteiger partial charge < -0.3 is 49.8 Å². The fourth-order valence-corrected chi connectivity index (χ4v) is 4.48. The number of rotatable bonds is 6. The molecule has 0 unspecified atom stereocenters. The van der Waals surface area contributed by atoms with E-state index in [1.54, 1.807) is 0 Å². The van der Waals surface area contributed by atoms with Crippen LogP contribution in [0.1, 0.15) is 6.23 Å². The molecule has 2 aliphatic heterocycles. The smallest absolute Gasteiger partial charge is 0.394 e. The first-order valence-electron chi connectivity index (χ1n) is 12.1. The van der Waals surface area contributed by atoms with Gasteiger partial charge in [0.05, 0.1) is 13.2 Å². The van der Waals surface area contributed by atoms with Gasteiger partial charge in [-0.3, -0.25) is 38.6 Å². The number of halogens is 1. The second kappa shape index (κ2) is 11.7. The predicted octanol–water partition coefficient (Wildman–Crippen LogP) is -5.51. The van der Waals surface area contributed by atoms with Crippen LogP contribution in [0.3, 0.4) is 0 Å². The average molecular weight is 626 g/mol. The number of hydrogen-bond acceptors (Lipinski definition) is 14. The molecule has 42 heavy (non-hydrogen) atoms. The maximum Gasteiger partial charge on any atom is 0.469 e. The molecule has 2 aliphatic rings. The van der Waals surface area contributed by atoms with Crippen LogP contribution in [0, 0.1) is 5.41 Å². The number of aliphatic hydroxyl groups is 5. The van der Waals surface area contributed by atoms with E-state index in [-0.39, 0.29) is 5.52 Å². The van der Waals surface area contributed by atoms with Crippen LogP contribution in [0.15, 0.2) is 33.0 Å². The monoisotopic (exact) mass is 626 g/mol. The van der Waals surface area contributed by atoms with Crippen molar-refractivity contribution in [2.75, 3.05) is 13.2 Å². The molecule has 8 atom stereocenters. The highest BCUT2D eigenvalue weighted by Crippen LogP contribution is 2.39. The first kappa shape index (κ1) is 30.1. The van der Waals surface area contributed by atoms with Crippen LogP contribution >= 0.6 is 7.82 Å². The Morgan fingerprint density at radius 2 is 1.86 bits per heavy atom. The quantitative estimate of drug-likeness (QED) is 0.114. The molecule has 0 amide bonds.